The van der Waals surface area contributed by atoms with E-state index in [1.165, 1.54) is 29.5 Å². The van der Waals surface area contributed by atoms with E-state index in [0.717, 1.165) is 55.3 Å². The van der Waals surface area contributed by atoms with Crippen LogP contribution in [0.1, 0.15) is 37.1 Å². The van der Waals surface area contributed by atoms with Gasteiger partial charge in [-0.2, -0.15) is 0 Å². The molecule has 3 aliphatic carbocycles. The third kappa shape index (κ3) is 4.98. The van der Waals surface area contributed by atoms with Crippen LogP contribution in [0.5, 0.6) is 0 Å². The average Bonchev–Trinajstić information content (AvgIpc) is 3.56. The predicted octanol–water partition coefficient (Wildman–Crippen LogP) is 5.77. The molecule has 2 aromatic carbocycles. The number of benzene rings is 2. The van der Waals surface area contributed by atoms with Crippen LogP contribution in [0.4, 0.5) is 24.8 Å². The highest BCUT2D eigenvalue weighted by atomic mass is 32.2. The molecule has 240 valence electrons. The minimum atomic E-state index is -4.82. The quantitative estimate of drug-likeness (QED) is 0.239. The Kier molecular flexibility index (Phi) is 6.79. The van der Waals surface area contributed by atoms with E-state index in [2.05, 4.69) is 10.3 Å². The third-order valence-corrected chi connectivity index (χ3v) is 14.4. The Bertz CT molecular complexity index is 2080. The summed E-state index contributed by atoms with van der Waals surface area (Å²) in [5.41, 5.74) is 0.161. The van der Waals surface area contributed by atoms with Crippen LogP contribution >= 0.6 is 11.3 Å². The average molecular weight is 688 g/mol. The van der Waals surface area contributed by atoms with Crippen molar-refractivity contribution in [3.8, 4) is 21.8 Å². The number of rotatable bonds is 8. The van der Waals surface area contributed by atoms with E-state index in [1.54, 1.807) is 12.3 Å². The van der Waals surface area contributed by atoms with Crippen molar-refractivity contribution in [2.24, 2.45) is 17.8 Å². The second kappa shape index (κ2) is 10.5. The monoisotopic (exact) mass is 687 g/mol. The number of sulfone groups is 1. The van der Waals surface area contributed by atoms with E-state index in [0.29, 0.717) is 22.4 Å². The molecule has 2 bridgehead atoms. The Morgan fingerprint density at radius 3 is 2.30 bits per heavy atom. The highest BCUT2D eigenvalue weighted by Gasteiger charge is 2.59. The SMILES string of the molecule is O=S1(=O)C[C@@H]2[C@H](C1)[C@@H]2Nc1nccc(-c2sc(C34CCC(CC3)C4)nc2-c2cccc(NS(=O)(=O)c3c(F)cccc3F)c2F)n1. The molecule has 4 fully saturated rings. The Balaban J connectivity index is 1.18. The number of anilines is 2. The maximum absolute atomic E-state index is 16.3. The van der Waals surface area contributed by atoms with Gasteiger partial charge < -0.3 is 5.32 Å². The second-order valence-corrected chi connectivity index (χ2v) is 17.6. The lowest BCUT2D eigenvalue weighted by atomic mass is 9.85. The fourth-order valence-electron chi connectivity index (χ4n) is 7.60. The van der Waals surface area contributed by atoms with Gasteiger partial charge in [0, 0.05) is 23.2 Å². The molecule has 3 heterocycles. The van der Waals surface area contributed by atoms with Crippen molar-refractivity contribution in [3.63, 3.8) is 0 Å². The number of hydrogen-bond acceptors (Lipinski definition) is 9. The number of fused-ring (bicyclic) bond motifs is 3. The maximum atomic E-state index is 16.3. The molecule has 3 atom stereocenters. The lowest BCUT2D eigenvalue weighted by molar-refractivity contribution is 0.417. The van der Waals surface area contributed by atoms with Crippen LogP contribution in [0.2, 0.25) is 0 Å². The van der Waals surface area contributed by atoms with E-state index in [9.17, 15) is 25.6 Å². The summed E-state index contributed by atoms with van der Waals surface area (Å²) in [6, 6.07) is 8.43. The van der Waals surface area contributed by atoms with Gasteiger partial charge in [-0.3, -0.25) is 4.72 Å². The fourth-order valence-corrected chi connectivity index (χ4v) is 12.3. The number of sulfonamides is 1. The molecule has 3 saturated carbocycles. The lowest BCUT2D eigenvalue weighted by Gasteiger charge is -2.23. The summed E-state index contributed by atoms with van der Waals surface area (Å²) in [6.45, 7) is 0. The Morgan fingerprint density at radius 1 is 0.935 bits per heavy atom. The van der Waals surface area contributed by atoms with Crippen molar-refractivity contribution in [2.75, 3.05) is 21.5 Å². The Morgan fingerprint density at radius 2 is 1.63 bits per heavy atom. The van der Waals surface area contributed by atoms with Crippen molar-refractivity contribution in [3.05, 3.63) is 71.1 Å². The molecule has 0 spiro atoms. The smallest absolute Gasteiger partial charge is 0.267 e. The van der Waals surface area contributed by atoms with Gasteiger partial charge in [0.25, 0.3) is 10.0 Å². The summed E-state index contributed by atoms with van der Waals surface area (Å²) in [4.78, 5) is 13.4. The summed E-state index contributed by atoms with van der Waals surface area (Å²) >= 11 is 1.43. The molecule has 0 radical (unpaired) electrons. The molecule has 4 aliphatic rings. The Labute approximate surface area is 267 Å². The van der Waals surface area contributed by atoms with E-state index >= 15 is 4.39 Å². The van der Waals surface area contributed by atoms with Crippen LogP contribution in [0, 0.1) is 35.2 Å². The molecular formula is C31H28F3N5O4S3. The minimum Gasteiger partial charge on any atom is -0.351 e. The van der Waals surface area contributed by atoms with E-state index < -0.39 is 47.9 Å². The molecule has 4 aromatic rings. The molecule has 8 rings (SSSR count). The summed E-state index contributed by atoms with van der Waals surface area (Å²) in [7, 11) is -7.83. The normalized spacial score (nSPS) is 27.5. The van der Waals surface area contributed by atoms with Crippen LogP contribution < -0.4 is 10.0 Å². The van der Waals surface area contributed by atoms with E-state index in [1.807, 2.05) is 4.72 Å². The van der Waals surface area contributed by atoms with Crippen molar-refractivity contribution in [2.45, 2.75) is 48.5 Å². The topological polar surface area (TPSA) is 131 Å². The van der Waals surface area contributed by atoms with Gasteiger partial charge in [-0.1, -0.05) is 12.1 Å². The molecule has 15 heteroatoms. The highest BCUT2D eigenvalue weighted by molar-refractivity contribution is 7.92. The molecule has 2 aromatic heterocycles. The van der Waals surface area contributed by atoms with Gasteiger partial charge in [0.05, 0.1) is 33.5 Å². The first-order valence-corrected chi connectivity index (χ1v) is 19.1. The number of aromatic nitrogens is 3. The standard InChI is InChI=1S/C31H28F3N5O4S3/c32-20-4-2-5-21(33)28(20)46(42,43)39-22-6-1-3-17(24(22)34)26-27(44-29(37-26)31-10-7-16(13-31)8-11-31)23-9-12-35-30(36-23)38-25-18-14-45(40,41)15-19(18)25/h1-6,9,12,16,18-19,25,39H,7-8,10-11,13-15H2,(H,35,36,38)/t16?,18-,19+,25-,31?. The van der Waals surface area contributed by atoms with Crippen LogP contribution in [0.15, 0.2) is 53.6 Å². The molecule has 0 unspecified atom stereocenters. The summed E-state index contributed by atoms with van der Waals surface area (Å²) in [5, 5.41) is 4.14. The number of nitrogens with one attached hydrogen (secondary N) is 2. The van der Waals surface area contributed by atoms with Crippen molar-refractivity contribution < 1.29 is 30.0 Å². The number of nitrogens with zero attached hydrogens (tertiary/aromatic N) is 3. The summed E-state index contributed by atoms with van der Waals surface area (Å²) < 4.78 is 96.9. The van der Waals surface area contributed by atoms with Crippen LogP contribution in [0.3, 0.4) is 0 Å². The molecule has 1 aliphatic heterocycles. The van der Waals surface area contributed by atoms with Crippen LogP contribution in [-0.2, 0) is 25.3 Å². The largest absolute Gasteiger partial charge is 0.351 e. The zero-order chi connectivity index (χ0) is 32.0. The van der Waals surface area contributed by atoms with Crippen LogP contribution in [-0.4, -0.2) is 49.3 Å². The van der Waals surface area contributed by atoms with Crippen molar-refractivity contribution >= 4 is 42.8 Å². The van der Waals surface area contributed by atoms with Gasteiger partial charge in [-0.15, -0.1) is 11.3 Å². The van der Waals surface area contributed by atoms with Crippen molar-refractivity contribution in [1.29, 1.82) is 0 Å². The van der Waals surface area contributed by atoms with Crippen molar-refractivity contribution in [1.82, 2.24) is 15.0 Å². The first kappa shape index (κ1) is 29.8. The first-order chi connectivity index (χ1) is 21.9. The van der Waals surface area contributed by atoms with E-state index in [4.69, 9.17) is 9.97 Å². The summed E-state index contributed by atoms with van der Waals surface area (Å²) in [5.74, 6) is -2.27. The van der Waals surface area contributed by atoms with Gasteiger partial charge >= 0.3 is 0 Å². The maximum Gasteiger partial charge on any atom is 0.267 e. The molecule has 1 saturated heterocycles. The molecule has 0 amide bonds. The zero-order valence-corrected chi connectivity index (χ0v) is 26.7. The van der Waals surface area contributed by atoms with Gasteiger partial charge in [-0.05, 0) is 80.2 Å². The fraction of sp³-hybridized carbons (Fsp3) is 0.387. The zero-order valence-electron chi connectivity index (χ0n) is 24.2. The number of halogens is 3. The molecule has 46 heavy (non-hydrogen) atoms. The molecule has 9 nitrogen and oxygen atoms in total. The minimum absolute atomic E-state index is 0.00528. The molecular weight excluding hydrogens is 660 g/mol. The Hall–Kier alpha value is -3.56. The molecule has 2 N–H and O–H groups in total. The lowest BCUT2D eigenvalue weighted by Crippen LogP contribution is -2.19. The number of hydrogen-bond donors (Lipinski definition) is 2. The van der Waals surface area contributed by atoms with Gasteiger partial charge in [-0.25, -0.2) is 45.0 Å². The first-order valence-electron chi connectivity index (χ1n) is 15.0. The third-order valence-electron chi connectivity index (χ3n) is 9.92. The second-order valence-electron chi connectivity index (χ2n) is 12.8. The van der Waals surface area contributed by atoms with E-state index in [-0.39, 0.29) is 46.1 Å². The van der Waals surface area contributed by atoms with Gasteiger partial charge in [0.15, 0.2) is 20.5 Å². The predicted molar refractivity (Wildman–Crippen MR) is 167 cm³/mol. The number of thiazole rings is 1. The highest BCUT2D eigenvalue weighted by Crippen LogP contribution is 2.57. The van der Waals surface area contributed by atoms with Gasteiger partial charge in [0.2, 0.25) is 5.95 Å². The van der Waals surface area contributed by atoms with Crippen LogP contribution in [0.25, 0.3) is 21.8 Å². The van der Waals surface area contributed by atoms with Gasteiger partial charge in [0.1, 0.15) is 16.6 Å². The summed E-state index contributed by atoms with van der Waals surface area (Å²) in [6.07, 6.45) is 6.73.